The quantitative estimate of drug-likeness (QED) is 0.682. The number of benzene rings is 2. The summed E-state index contributed by atoms with van der Waals surface area (Å²) >= 11 is 5.95. The second-order valence-electron chi connectivity index (χ2n) is 7.00. The van der Waals surface area contributed by atoms with Crippen molar-refractivity contribution >= 4 is 34.1 Å². The third-order valence-electron chi connectivity index (χ3n) is 5.07. The lowest BCUT2D eigenvalue weighted by molar-refractivity contribution is 0.251. The van der Waals surface area contributed by atoms with Crippen LogP contribution in [-0.2, 0) is 6.54 Å². The summed E-state index contributed by atoms with van der Waals surface area (Å²) in [7, 11) is 0. The number of hydrogen-bond donors (Lipinski definition) is 2. The zero-order valence-electron chi connectivity index (χ0n) is 15.3. The number of aromatic nitrogens is 2. The summed E-state index contributed by atoms with van der Waals surface area (Å²) in [5.74, 6) is 0. The van der Waals surface area contributed by atoms with Gasteiger partial charge >= 0.3 is 6.03 Å². The van der Waals surface area contributed by atoms with Gasteiger partial charge in [-0.3, -0.25) is 4.79 Å². The van der Waals surface area contributed by atoms with E-state index in [0.717, 1.165) is 31.1 Å². The molecule has 1 saturated carbocycles. The summed E-state index contributed by atoms with van der Waals surface area (Å²) in [6.45, 7) is 0.222. The fourth-order valence-corrected chi connectivity index (χ4v) is 3.90. The van der Waals surface area contributed by atoms with Crippen LogP contribution in [0.5, 0.6) is 0 Å². The predicted octanol–water partition coefficient (Wildman–Crippen LogP) is 4.49. The lowest BCUT2D eigenvalue weighted by Crippen LogP contribution is -2.32. The Bertz CT molecular complexity index is 1070. The van der Waals surface area contributed by atoms with Crippen LogP contribution >= 0.6 is 11.6 Å². The number of nitrogens with zero attached hydrogens (tertiary/aromatic N) is 2. The van der Waals surface area contributed by atoms with E-state index in [0.29, 0.717) is 21.8 Å². The molecule has 3 aromatic rings. The van der Waals surface area contributed by atoms with Crippen LogP contribution in [0, 0.1) is 0 Å². The largest absolute Gasteiger partial charge is 0.332 e. The molecule has 6 nitrogen and oxygen atoms in total. The van der Waals surface area contributed by atoms with E-state index in [9.17, 15) is 9.59 Å². The van der Waals surface area contributed by atoms with Crippen LogP contribution in [0.1, 0.15) is 37.4 Å². The molecule has 28 heavy (non-hydrogen) atoms. The maximum absolute atomic E-state index is 12.9. The number of anilines is 1. The van der Waals surface area contributed by atoms with Gasteiger partial charge in [0.2, 0.25) is 0 Å². The molecule has 0 aliphatic heterocycles. The van der Waals surface area contributed by atoms with Crippen LogP contribution in [0.25, 0.3) is 10.8 Å². The standard InChI is InChI=1S/C21H21ClN4O2/c22-14-6-5-7-15(12-14)24-21(28)23-13-19-17-10-3-4-11-18(17)20(27)26(25-19)16-8-1-2-9-16/h3-7,10-12,16H,1-2,8-9,13H2,(H2,23,24,28). The van der Waals surface area contributed by atoms with Gasteiger partial charge < -0.3 is 10.6 Å². The van der Waals surface area contributed by atoms with Crippen LogP contribution in [-0.4, -0.2) is 15.8 Å². The number of urea groups is 1. The predicted molar refractivity (Wildman–Crippen MR) is 111 cm³/mol. The van der Waals surface area contributed by atoms with Crippen LogP contribution < -0.4 is 16.2 Å². The van der Waals surface area contributed by atoms with E-state index in [1.807, 2.05) is 24.3 Å². The lowest BCUT2D eigenvalue weighted by atomic mass is 10.1. The fourth-order valence-electron chi connectivity index (χ4n) is 3.71. The van der Waals surface area contributed by atoms with Crippen LogP contribution in [0.15, 0.2) is 53.3 Å². The normalized spacial score (nSPS) is 14.3. The molecule has 4 rings (SSSR count). The molecule has 0 saturated heterocycles. The number of rotatable bonds is 4. The summed E-state index contributed by atoms with van der Waals surface area (Å²) in [5, 5.41) is 12.1. The van der Waals surface area contributed by atoms with Crippen molar-refractivity contribution in [3.8, 4) is 0 Å². The fraction of sp³-hybridized carbons (Fsp3) is 0.286. The van der Waals surface area contributed by atoms with E-state index in [4.69, 9.17) is 11.6 Å². The molecule has 1 aliphatic rings. The third-order valence-corrected chi connectivity index (χ3v) is 5.31. The van der Waals surface area contributed by atoms with Crippen molar-refractivity contribution in [2.75, 3.05) is 5.32 Å². The van der Waals surface area contributed by atoms with Gasteiger partial charge in [0, 0.05) is 16.1 Å². The van der Waals surface area contributed by atoms with E-state index in [-0.39, 0.29) is 24.2 Å². The topological polar surface area (TPSA) is 76.0 Å². The molecule has 1 aromatic heterocycles. The minimum absolute atomic E-state index is 0.0605. The summed E-state index contributed by atoms with van der Waals surface area (Å²) in [5.41, 5.74) is 1.23. The van der Waals surface area contributed by atoms with Crippen LogP contribution in [0.3, 0.4) is 0 Å². The third kappa shape index (κ3) is 3.87. The summed E-state index contributed by atoms with van der Waals surface area (Å²) in [6.07, 6.45) is 4.16. The van der Waals surface area contributed by atoms with Crippen molar-refractivity contribution in [2.24, 2.45) is 0 Å². The molecule has 144 valence electrons. The molecule has 0 spiro atoms. The Balaban J connectivity index is 1.58. The van der Waals surface area contributed by atoms with Crippen molar-refractivity contribution in [3.63, 3.8) is 0 Å². The maximum atomic E-state index is 12.9. The second-order valence-corrected chi connectivity index (χ2v) is 7.43. The van der Waals surface area contributed by atoms with E-state index >= 15 is 0 Å². The minimum atomic E-state index is -0.355. The molecule has 0 atom stereocenters. The highest BCUT2D eigenvalue weighted by molar-refractivity contribution is 6.30. The first-order valence-electron chi connectivity index (χ1n) is 9.42. The summed E-state index contributed by atoms with van der Waals surface area (Å²) in [4.78, 5) is 25.1. The number of amides is 2. The number of halogens is 1. The van der Waals surface area contributed by atoms with Crippen molar-refractivity contribution in [1.29, 1.82) is 0 Å². The van der Waals surface area contributed by atoms with Crippen molar-refractivity contribution in [2.45, 2.75) is 38.3 Å². The second kappa shape index (κ2) is 8.02. The first kappa shape index (κ1) is 18.5. The van der Waals surface area contributed by atoms with E-state index in [2.05, 4.69) is 15.7 Å². The molecule has 2 N–H and O–H groups in total. The number of nitrogens with one attached hydrogen (secondary N) is 2. The first-order valence-corrected chi connectivity index (χ1v) is 9.80. The van der Waals surface area contributed by atoms with Gasteiger partial charge in [-0.15, -0.1) is 0 Å². The smallest absolute Gasteiger partial charge is 0.319 e. The zero-order valence-corrected chi connectivity index (χ0v) is 16.1. The number of carbonyl (C=O) groups excluding carboxylic acids is 1. The van der Waals surface area contributed by atoms with Gasteiger partial charge in [0.1, 0.15) is 0 Å². The zero-order chi connectivity index (χ0) is 19.5. The molecule has 1 fully saturated rings. The molecular weight excluding hydrogens is 376 g/mol. The Hall–Kier alpha value is -2.86. The Morgan fingerprint density at radius 1 is 1.11 bits per heavy atom. The van der Waals surface area contributed by atoms with Crippen LogP contribution in [0.2, 0.25) is 5.02 Å². The SMILES string of the molecule is O=C(NCc1nn(C2CCCC2)c(=O)c2ccccc12)Nc1cccc(Cl)c1. The van der Waals surface area contributed by atoms with Gasteiger partial charge in [0.25, 0.3) is 5.56 Å². The van der Waals surface area contributed by atoms with Crippen LogP contribution in [0.4, 0.5) is 10.5 Å². The summed E-state index contributed by atoms with van der Waals surface area (Å²) < 4.78 is 1.61. The Morgan fingerprint density at radius 2 is 1.86 bits per heavy atom. The molecule has 7 heteroatoms. The van der Waals surface area contributed by atoms with Crippen molar-refractivity contribution in [3.05, 3.63) is 69.6 Å². The highest BCUT2D eigenvalue weighted by Gasteiger charge is 2.21. The van der Waals surface area contributed by atoms with Gasteiger partial charge in [0.15, 0.2) is 0 Å². The highest BCUT2D eigenvalue weighted by Crippen LogP contribution is 2.28. The highest BCUT2D eigenvalue weighted by atomic mass is 35.5. The Kier molecular flexibility index (Phi) is 5.30. The van der Waals surface area contributed by atoms with Gasteiger partial charge in [-0.1, -0.05) is 48.7 Å². The van der Waals surface area contributed by atoms with Crippen molar-refractivity contribution < 1.29 is 4.79 Å². The first-order chi connectivity index (χ1) is 13.6. The average Bonchev–Trinajstić information content (AvgIpc) is 3.22. The molecule has 0 radical (unpaired) electrons. The number of carbonyl (C=O) groups is 1. The van der Waals surface area contributed by atoms with Crippen molar-refractivity contribution in [1.82, 2.24) is 15.1 Å². The molecular formula is C21H21ClN4O2. The number of fused-ring (bicyclic) bond motifs is 1. The van der Waals surface area contributed by atoms with E-state index in [1.165, 1.54) is 0 Å². The maximum Gasteiger partial charge on any atom is 0.319 e. The molecule has 1 heterocycles. The molecule has 1 aliphatic carbocycles. The summed E-state index contributed by atoms with van der Waals surface area (Å²) in [6, 6.07) is 14.1. The molecule has 2 amide bonds. The monoisotopic (exact) mass is 396 g/mol. The van der Waals surface area contributed by atoms with Gasteiger partial charge in [0.05, 0.1) is 23.7 Å². The minimum Gasteiger partial charge on any atom is -0.332 e. The molecule has 0 bridgehead atoms. The van der Waals surface area contributed by atoms with E-state index in [1.54, 1.807) is 28.9 Å². The van der Waals surface area contributed by atoms with Gasteiger partial charge in [-0.05, 0) is 37.1 Å². The van der Waals surface area contributed by atoms with Gasteiger partial charge in [-0.25, -0.2) is 9.48 Å². The molecule has 0 unspecified atom stereocenters. The van der Waals surface area contributed by atoms with Gasteiger partial charge in [-0.2, -0.15) is 5.10 Å². The lowest BCUT2D eigenvalue weighted by Gasteiger charge is -2.16. The Labute approximate surface area is 167 Å². The van der Waals surface area contributed by atoms with E-state index < -0.39 is 0 Å². The molecule has 2 aromatic carbocycles. The Morgan fingerprint density at radius 3 is 2.61 bits per heavy atom. The average molecular weight is 397 g/mol. The number of hydrogen-bond acceptors (Lipinski definition) is 3.